The van der Waals surface area contributed by atoms with Crippen LogP contribution in [0, 0.1) is 0 Å². The van der Waals surface area contributed by atoms with Gasteiger partial charge in [0, 0.05) is 0 Å². The molecular formula is C19H23NO. The number of aliphatic hydroxyl groups excluding tert-OH is 1. The molecule has 0 radical (unpaired) electrons. The first-order valence-corrected chi connectivity index (χ1v) is 7.85. The van der Waals surface area contributed by atoms with Crippen LogP contribution in [-0.4, -0.2) is 11.2 Å². The van der Waals surface area contributed by atoms with Gasteiger partial charge in [0.05, 0.1) is 12.1 Å². The van der Waals surface area contributed by atoms with E-state index in [4.69, 9.17) is 5.73 Å². The van der Waals surface area contributed by atoms with E-state index in [1.54, 1.807) is 0 Å². The lowest BCUT2D eigenvalue weighted by Gasteiger charge is -2.19. The lowest BCUT2D eigenvalue weighted by Crippen LogP contribution is -2.26. The molecule has 0 amide bonds. The fourth-order valence-electron chi connectivity index (χ4n) is 3.19. The minimum absolute atomic E-state index is 0.287. The lowest BCUT2D eigenvalue weighted by atomic mass is 9.95. The fourth-order valence-corrected chi connectivity index (χ4v) is 3.19. The Hall–Kier alpha value is -1.64. The summed E-state index contributed by atoms with van der Waals surface area (Å²) in [5, 5.41) is 10.2. The Labute approximate surface area is 126 Å². The van der Waals surface area contributed by atoms with Crippen molar-refractivity contribution in [1.82, 2.24) is 0 Å². The van der Waals surface area contributed by atoms with E-state index in [0.29, 0.717) is 0 Å². The number of benzene rings is 2. The highest BCUT2D eigenvalue weighted by Gasteiger charge is 2.21. The highest BCUT2D eigenvalue weighted by Crippen LogP contribution is 2.37. The number of fused-ring (bicyclic) bond motifs is 3. The maximum atomic E-state index is 10.2. The zero-order chi connectivity index (χ0) is 14.8. The quantitative estimate of drug-likeness (QED) is 0.747. The molecule has 0 fully saturated rings. The largest absolute Gasteiger partial charge is 0.391 e. The predicted octanol–water partition coefficient (Wildman–Crippen LogP) is 3.81. The highest BCUT2D eigenvalue weighted by atomic mass is 16.3. The van der Waals surface area contributed by atoms with E-state index in [1.807, 2.05) is 0 Å². The van der Waals surface area contributed by atoms with Gasteiger partial charge >= 0.3 is 0 Å². The molecular weight excluding hydrogens is 258 g/mol. The van der Waals surface area contributed by atoms with Crippen molar-refractivity contribution in [2.24, 2.45) is 5.73 Å². The summed E-state index contributed by atoms with van der Waals surface area (Å²) >= 11 is 0. The van der Waals surface area contributed by atoms with Crippen LogP contribution in [0.25, 0.3) is 11.1 Å². The lowest BCUT2D eigenvalue weighted by molar-refractivity contribution is 0.132. The van der Waals surface area contributed by atoms with Gasteiger partial charge in [-0.15, -0.1) is 0 Å². The summed E-state index contributed by atoms with van der Waals surface area (Å²) in [6, 6.07) is 14.7. The molecule has 2 nitrogen and oxygen atoms in total. The van der Waals surface area contributed by atoms with Crippen molar-refractivity contribution < 1.29 is 5.11 Å². The van der Waals surface area contributed by atoms with Gasteiger partial charge < -0.3 is 10.8 Å². The van der Waals surface area contributed by atoms with Crippen LogP contribution in [0.2, 0.25) is 0 Å². The number of hydrogen-bond acceptors (Lipinski definition) is 2. The van der Waals surface area contributed by atoms with E-state index < -0.39 is 6.10 Å². The van der Waals surface area contributed by atoms with Crippen LogP contribution in [0.4, 0.5) is 0 Å². The molecule has 0 heterocycles. The second-order valence-electron chi connectivity index (χ2n) is 5.99. The molecule has 0 saturated heterocycles. The first-order chi connectivity index (χ1) is 10.2. The molecule has 0 aliphatic heterocycles. The van der Waals surface area contributed by atoms with Crippen LogP contribution >= 0.6 is 0 Å². The van der Waals surface area contributed by atoms with Crippen molar-refractivity contribution in [3.63, 3.8) is 0 Å². The Bertz CT molecular complexity index is 635. The molecule has 0 bridgehead atoms. The van der Waals surface area contributed by atoms with Crippen molar-refractivity contribution in [2.75, 3.05) is 0 Å². The third-order valence-corrected chi connectivity index (χ3v) is 4.47. The van der Waals surface area contributed by atoms with Gasteiger partial charge in [-0.2, -0.15) is 0 Å². The zero-order valence-corrected chi connectivity index (χ0v) is 12.5. The number of hydrogen-bond donors (Lipinski definition) is 2. The van der Waals surface area contributed by atoms with Crippen molar-refractivity contribution >= 4 is 0 Å². The minimum Gasteiger partial charge on any atom is -0.391 e. The predicted molar refractivity (Wildman–Crippen MR) is 87.1 cm³/mol. The summed E-state index contributed by atoms with van der Waals surface area (Å²) in [5.74, 6) is 0. The first-order valence-electron chi connectivity index (χ1n) is 7.85. The summed E-state index contributed by atoms with van der Waals surface area (Å²) in [5.41, 5.74) is 12.6. The Morgan fingerprint density at radius 3 is 2.67 bits per heavy atom. The average Bonchev–Trinajstić information content (AvgIpc) is 2.89. The topological polar surface area (TPSA) is 46.2 Å². The normalized spacial score (nSPS) is 15.4. The Morgan fingerprint density at radius 1 is 1.10 bits per heavy atom. The Morgan fingerprint density at radius 2 is 1.86 bits per heavy atom. The monoisotopic (exact) mass is 281 g/mol. The molecule has 1 aliphatic carbocycles. The zero-order valence-electron chi connectivity index (χ0n) is 12.5. The van der Waals surface area contributed by atoms with Gasteiger partial charge in [-0.1, -0.05) is 62.2 Å². The molecule has 0 saturated carbocycles. The van der Waals surface area contributed by atoms with E-state index in [-0.39, 0.29) is 6.04 Å². The maximum absolute atomic E-state index is 10.2. The number of nitrogens with two attached hydrogens (primary N) is 1. The van der Waals surface area contributed by atoms with Crippen molar-refractivity contribution in [3.8, 4) is 11.1 Å². The molecule has 110 valence electrons. The summed E-state index contributed by atoms with van der Waals surface area (Å²) in [6.45, 7) is 2.13. The summed E-state index contributed by atoms with van der Waals surface area (Å²) in [4.78, 5) is 0. The standard InChI is InChI=1S/C19H23NO/c1-2-3-8-18(21)19(20)14-9-10-17-15(12-14)11-13-6-4-5-7-16(13)17/h4-7,9-10,12,18-19,21H,2-3,8,11,20H2,1H3/t18-,19+/m1/s1. The Kier molecular flexibility index (Phi) is 4.09. The van der Waals surface area contributed by atoms with Gasteiger partial charge in [-0.3, -0.25) is 0 Å². The molecule has 2 aromatic rings. The average molecular weight is 281 g/mol. The van der Waals surface area contributed by atoms with E-state index in [2.05, 4.69) is 49.4 Å². The molecule has 3 rings (SSSR count). The fraction of sp³-hybridized carbons (Fsp3) is 0.368. The van der Waals surface area contributed by atoms with Gasteiger partial charge in [-0.05, 0) is 40.7 Å². The van der Waals surface area contributed by atoms with Crippen molar-refractivity contribution in [2.45, 2.75) is 44.8 Å². The molecule has 0 spiro atoms. The van der Waals surface area contributed by atoms with E-state index in [1.165, 1.54) is 22.3 Å². The molecule has 3 N–H and O–H groups in total. The second kappa shape index (κ2) is 6.00. The van der Waals surface area contributed by atoms with Crippen LogP contribution in [0.15, 0.2) is 42.5 Å². The minimum atomic E-state index is -0.452. The molecule has 21 heavy (non-hydrogen) atoms. The molecule has 0 unspecified atom stereocenters. The van der Waals surface area contributed by atoms with Crippen LogP contribution < -0.4 is 5.73 Å². The summed E-state index contributed by atoms with van der Waals surface area (Å²) < 4.78 is 0. The van der Waals surface area contributed by atoms with Crippen LogP contribution in [0.5, 0.6) is 0 Å². The van der Waals surface area contributed by atoms with Crippen LogP contribution in [0.1, 0.15) is 48.9 Å². The van der Waals surface area contributed by atoms with E-state index >= 15 is 0 Å². The third kappa shape index (κ3) is 2.74. The molecule has 0 aromatic heterocycles. The SMILES string of the molecule is CCCC[C@@H](O)[C@@H](N)c1ccc2c(c1)Cc1ccccc1-2. The van der Waals surface area contributed by atoms with Gasteiger partial charge in [-0.25, -0.2) is 0 Å². The number of unbranched alkanes of at least 4 members (excludes halogenated alkanes) is 1. The highest BCUT2D eigenvalue weighted by molar-refractivity contribution is 5.77. The van der Waals surface area contributed by atoms with Gasteiger partial charge in [0.1, 0.15) is 0 Å². The molecule has 2 heteroatoms. The van der Waals surface area contributed by atoms with E-state index in [9.17, 15) is 5.11 Å². The van der Waals surface area contributed by atoms with Crippen molar-refractivity contribution in [3.05, 3.63) is 59.2 Å². The van der Waals surface area contributed by atoms with Crippen LogP contribution in [0.3, 0.4) is 0 Å². The number of rotatable bonds is 5. The molecule has 1 aliphatic rings. The summed E-state index contributed by atoms with van der Waals surface area (Å²) in [7, 11) is 0. The molecule has 2 atom stereocenters. The first kappa shape index (κ1) is 14.3. The third-order valence-electron chi connectivity index (χ3n) is 4.47. The van der Waals surface area contributed by atoms with Gasteiger partial charge in [0.25, 0.3) is 0 Å². The maximum Gasteiger partial charge on any atom is 0.0732 e. The smallest absolute Gasteiger partial charge is 0.0732 e. The van der Waals surface area contributed by atoms with Crippen molar-refractivity contribution in [1.29, 1.82) is 0 Å². The second-order valence-corrected chi connectivity index (χ2v) is 5.99. The van der Waals surface area contributed by atoms with E-state index in [0.717, 1.165) is 31.2 Å². The van der Waals surface area contributed by atoms with Crippen LogP contribution in [-0.2, 0) is 6.42 Å². The van der Waals surface area contributed by atoms with Gasteiger partial charge in [0.2, 0.25) is 0 Å². The Balaban J connectivity index is 1.83. The summed E-state index contributed by atoms with van der Waals surface area (Å²) in [6.07, 6.45) is 3.40. The molecule has 2 aromatic carbocycles. The number of aliphatic hydroxyl groups is 1. The van der Waals surface area contributed by atoms with Gasteiger partial charge in [0.15, 0.2) is 0 Å².